The van der Waals surface area contributed by atoms with Gasteiger partial charge in [0.25, 0.3) is 0 Å². The van der Waals surface area contributed by atoms with E-state index in [0.717, 1.165) is 56.0 Å². The van der Waals surface area contributed by atoms with Gasteiger partial charge in [-0.25, -0.2) is 0 Å². The summed E-state index contributed by atoms with van der Waals surface area (Å²) in [6.45, 7) is 0. The second-order valence-electron chi connectivity index (χ2n) is 14.9. The average Bonchev–Trinajstić information content (AvgIpc) is 3.74. The Labute approximate surface area is 337 Å². The van der Waals surface area contributed by atoms with Gasteiger partial charge in [-0.15, -0.1) is 0 Å². The van der Waals surface area contributed by atoms with Crippen LogP contribution in [-0.4, -0.2) is 0 Å². The Morgan fingerprint density at radius 1 is 0.293 bits per heavy atom. The van der Waals surface area contributed by atoms with Crippen LogP contribution in [0.1, 0.15) is 0 Å². The zero-order chi connectivity index (χ0) is 38.4. The van der Waals surface area contributed by atoms with Gasteiger partial charge in [0, 0.05) is 27.6 Å². The molecule has 2 heteroatoms. The average molecular weight is 740 g/mol. The molecule has 0 spiro atoms. The highest BCUT2D eigenvalue weighted by Crippen LogP contribution is 2.46. The molecule has 0 saturated heterocycles. The third kappa shape index (κ3) is 5.91. The van der Waals surface area contributed by atoms with E-state index in [0.29, 0.717) is 0 Å². The molecule has 0 saturated carbocycles. The number of hydrogen-bond donors (Lipinski definition) is 0. The van der Waals surface area contributed by atoms with Crippen molar-refractivity contribution in [2.75, 3.05) is 4.90 Å². The van der Waals surface area contributed by atoms with Crippen molar-refractivity contribution in [3.05, 3.63) is 224 Å². The molecule has 0 bridgehead atoms. The van der Waals surface area contributed by atoms with Crippen LogP contribution < -0.4 is 4.90 Å². The molecular formula is C56H37NO. The maximum Gasteiger partial charge on any atom is 0.135 e. The molecule has 0 atom stereocenters. The van der Waals surface area contributed by atoms with Gasteiger partial charge < -0.3 is 9.32 Å². The van der Waals surface area contributed by atoms with E-state index in [9.17, 15) is 0 Å². The van der Waals surface area contributed by atoms with Crippen molar-refractivity contribution in [2.24, 2.45) is 0 Å². The van der Waals surface area contributed by atoms with Crippen molar-refractivity contribution < 1.29 is 4.42 Å². The summed E-state index contributed by atoms with van der Waals surface area (Å²) in [5, 5.41) is 8.41. The number of benzene rings is 10. The summed E-state index contributed by atoms with van der Waals surface area (Å²) in [4.78, 5) is 2.45. The van der Waals surface area contributed by atoms with Crippen LogP contribution in [0.3, 0.4) is 0 Å². The first-order valence-corrected chi connectivity index (χ1v) is 19.8. The van der Waals surface area contributed by atoms with E-state index in [1.165, 1.54) is 49.0 Å². The SMILES string of the molecule is c1ccc(-c2ccc(-c3ccccc3N(c3ccc4c(ccc5ccccc54)c3)c3ccc(-c4cccc(-c5cc6ccccc6o5)c4)c4ccccc34)cc2)cc1. The first-order chi connectivity index (χ1) is 28.7. The van der Waals surface area contributed by atoms with Crippen molar-refractivity contribution in [1.82, 2.24) is 0 Å². The fourth-order valence-electron chi connectivity index (χ4n) is 8.63. The largest absolute Gasteiger partial charge is 0.456 e. The minimum absolute atomic E-state index is 0.868. The highest BCUT2D eigenvalue weighted by molar-refractivity contribution is 6.11. The van der Waals surface area contributed by atoms with Crippen molar-refractivity contribution in [3.63, 3.8) is 0 Å². The van der Waals surface area contributed by atoms with E-state index in [2.05, 4.69) is 217 Å². The van der Waals surface area contributed by atoms with Gasteiger partial charge in [0.2, 0.25) is 0 Å². The molecule has 1 aromatic heterocycles. The van der Waals surface area contributed by atoms with Crippen LogP contribution in [0.2, 0.25) is 0 Å². The fraction of sp³-hybridized carbons (Fsp3) is 0. The van der Waals surface area contributed by atoms with Crippen LogP contribution in [0.15, 0.2) is 229 Å². The molecule has 0 fully saturated rings. The molecule has 0 aliphatic carbocycles. The number of nitrogens with zero attached hydrogens (tertiary/aromatic N) is 1. The molecule has 0 amide bonds. The van der Waals surface area contributed by atoms with Gasteiger partial charge in [-0.3, -0.25) is 0 Å². The molecule has 272 valence electrons. The van der Waals surface area contributed by atoms with Gasteiger partial charge in [0.1, 0.15) is 11.3 Å². The van der Waals surface area contributed by atoms with Gasteiger partial charge in [0.05, 0.1) is 11.4 Å². The van der Waals surface area contributed by atoms with Gasteiger partial charge >= 0.3 is 0 Å². The molecule has 0 N–H and O–H groups in total. The Kier molecular flexibility index (Phi) is 8.19. The van der Waals surface area contributed by atoms with Crippen LogP contribution in [0.4, 0.5) is 17.1 Å². The molecule has 11 rings (SSSR count). The van der Waals surface area contributed by atoms with Crippen LogP contribution >= 0.6 is 0 Å². The van der Waals surface area contributed by atoms with Gasteiger partial charge in [-0.1, -0.05) is 182 Å². The number of furan rings is 1. The zero-order valence-corrected chi connectivity index (χ0v) is 31.7. The molecular weight excluding hydrogens is 703 g/mol. The molecule has 0 aliphatic heterocycles. The molecule has 10 aromatic carbocycles. The summed E-state index contributed by atoms with van der Waals surface area (Å²) in [5.74, 6) is 0.868. The number of hydrogen-bond acceptors (Lipinski definition) is 2. The maximum absolute atomic E-state index is 6.31. The Balaban J connectivity index is 1.09. The molecule has 58 heavy (non-hydrogen) atoms. The lowest BCUT2D eigenvalue weighted by Gasteiger charge is -2.30. The van der Waals surface area contributed by atoms with E-state index < -0.39 is 0 Å². The molecule has 1 heterocycles. The molecule has 2 nitrogen and oxygen atoms in total. The Hall–Kier alpha value is -7.68. The second-order valence-corrected chi connectivity index (χ2v) is 14.9. The zero-order valence-electron chi connectivity index (χ0n) is 31.7. The second kappa shape index (κ2) is 14.1. The lowest BCUT2D eigenvalue weighted by molar-refractivity contribution is 0.631. The minimum Gasteiger partial charge on any atom is -0.456 e. The van der Waals surface area contributed by atoms with E-state index in [1.807, 2.05) is 12.1 Å². The summed E-state index contributed by atoms with van der Waals surface area (Å²) in [6.07, 6.45) is 0. The van der Waals surface area contributed by atoms with Crippen molar-refractivity contribution in [1.29, 1.82) is 0 Å². The van der Waals surface area contributed by atoms with Crippen molar-refractivity contribution >= 4 is 60.3 Å². The van der Waals surface area contributed by atoms with E-state index in [4.69, 9.17) is 4.42 Å². The van der Waals surface area contributed by atoms with E-state index in [-0.39, 0.29) is 0 Å². The number of anilines is 3. The van der Waals surface area contributed by atoms with Crippen LogP contribution in [0.5, 0.6) is 0 Å². The predicted molar refractivity (Wildman–Crippen MR) is 245 cm³/mol. The number of fused-ring (bicyclic) bond motifs is 5. The standard InChI is InChI=1S/C56H37NO/c1-2-13-38(14-3-1)39-25-27-41(28-26-39)50-20-9-10-23-53(50)57(46-31-32-48-43(36-46)30-29-40-15-4-6-19-47(40)48)54-34-33-49(51-21-7-8-22-52(51)54)42-17-12-18-44(35-42)56-37-45-16-5-11-24-55(45)58-56/h1-37H. The molecule has 0 radical (unpaired) electrons. The Bertz CT molecular complexity index is 3250. The lowest BCUT2D eigenvalue weighted by Crippen LogP contribution is -2.12. The summed E-state index contributed by atoms with van der Waals surface area (Å²) in [5.41, 5.74) is 12.3. The lowest BCUT2D eigenvalue weighted by atomic mass is 9.94. The van der Waals surface area contributed by atoms with Crippen LogP contribution in [-0.2, 0) is 0 Å². The third-order valence-electron chi connectivity index (χ3n) is 11.5. The Morgan fingerprint density at radius 2 is 0.931 bits per heavy atom. The topological polar surface area (TPSA) is 16.4 Å². The monoisotopic (exact) mass is 739 g/mol. The highest BCUT2D eigenvalue weighted by atomic mass is 16.3. The third-order valence-corrected chi connectivity index (χ3v) is 11.5. The summed E-state index contributed by atoms with van der Waals surface area (Å²) < 4.78 is 6.31. The van der Waals surface area contributed by atoms with Gasteiger partial charge in [-0.2, -0.15) is 0 Å². The van der Waals surface area contributed by atoms with Crippen molar-refractivity contribution in [2.45, 2.75) is 0 Å². The number of rotatable bonds is 7. The summed E-state index contributed by atoms with van der Waals surface area (Å²) in [6, 6.07) is 80.8. The molecule has 0 unspecified atom stereocenters. The minimum atomic E-state index is 0.868. The smallest absolute Gasteiger partial charge is 0.135 e. The number of para-hydroxylation sites is 2. The highest BCUT2D eigenvalue weighted by Gasteiger charge is 2.21. The quantitative estimate of drug-likeness (QED) is 0.151. The van der Waals surface area contributed by atoms with Gasteiger partial charge in [-0.05, 0) is 97.2 Å². The maximum atomic E-state index is 6.31. The van der Waals surface area contributed by atoms with Crippen LogP contribution in [0.25, 0.3) is 88.0 Å². The van der Waals surface area contributed by atoms with E-state index >= 15 is 0 Å². The Morgan fingerprint density at radius 3 is 1.79 bits per heavy atom. The first kappa shape index (κ1) is 33.6. The van der Waals surface area contributed by atoms with Gasteiger partial charge in [0.15, 0.2) is 0 Å². The normalized spacial score (nSPS) is 11.4. The van der Waals surface area contributed by atoms with Crippen LogP contribution in [0, 0.1) is 0 Å². The fourth-order valence-corrected chi connectivity index (χ4v) is 8.63. The summed E-state index contributed by atoms with van der Waals surface area (Å²) >= 11 is 0. The molecule has 0 aliphatic rings. The summed E-state index contributed by atoms with van der Waals surface area (Å²) in [7, 11) is 0. The molecule has 11 aromatic rings. The first-order valence-electron chi connectivity index (χ1n) is 19.8. The van der Waals surface area contributed by atoms with Crippen molar-refractivity contribution in [3.8, 4) is 44.7 Å². The van der Waals surface area contributed by atoms with E-state index in [1.54, 1.807) is 0 Å². The predicted octanol–water partition coefficient (Wildman–Crippen LogP) is 16.0.